The van der Waals surface area contributed by atoms with Crippen molar-refractivity contribution in [3.8, 4) is 0 Å². The molecule has 1 aliphatic rings. The Bertz CT molecular complexity index is 551. The van der Waals surface area contributed by atoms with Crippen molar-refractivity contribution in [1.29, 1.82) is 0 Å². The van der Waals surface area contributed by atoms with E-state index in [1.165, 1.54) is 12.7 Å². The van der Waals surface area contributed by atoms with Gasteiger partial charge in [0.15, 0.2) is 0 Å². The molecule has 0 N–H and O–H groups in total. The fourth-order valence-electron chi connectivity index (χ4n) is 2.23. The number of piperidine rings is 1. The number of carbonyl (C=O) groups is 1. The minimum Gasteiger partial charge on any atom is -0.416 e. The number of fused-ring (bicyclic) bond motifs is 1. The molecule has 2 aromatic rings. The third-order valence-electron chi connectivity index (χ3n) is 3.19. The van der Waals surface area contributed by atoms with Gasteiger partial charge in [0.25, 0.3) is 5.91 Å². The molecular weight excluding hydrogens is 220 g/mol. The Morgan fingerprint density at radius 2 is 2.12 bits per heavy atom. The summed E-state index contributed by atoms with van der Waals surface area (Å²) in [6.07, 6.45) is 4.76. The van der Waals surface area contributed by atoms with Gasteiger partial charge in [-0.2, -0.15) is 14.6 Å². The van der Waals surface area contributed by atoms with Gasteiger partial charge < -0.3 is 9.32 Å². The van der Waals surface area contributed by atoms with Crippen LogP contribution in [0.2, 0.25) is 0 Å². The molecule has 90 valence electrons. The summed E-state index contributed by atoms with van der Waals surface area (Å²) < 4.78 is 7.00. The molecule has 1 fully saturated rings. The van der Waals surface area contributed by atoms with Crippen molar-refractivity contribution >= 4 is 11.8 Å². The van der Waals surface area contributed by atoms with Crippen molar-refractivity contribution in [2.24, 2.45) is 0 Å². The highest BCUT2D eigenvalue weighted by Crippen LogP contribution is 2.18. The Balaban J connectivity index is 1.94. The smallest absolute Gasteiger partial charge is 0.325 e. The number of carbonyl (C=O) groups excluding carboxylic acids is 1. The van der Waals surface area contributed by atoms with E-state index in [1.807, 2.05) is 11.8 Å². The molecule has 0 radical (unpaired) electrons. The highest BCUT2D eigenvalue weighted by Gasteiger charge is 2.25. The van der Waals surface area contributed by atoms with Crippen LogP contribution in [0.1, 0.15) is 35.5 Å². The Morgan fingerprint density at radius 3 is 2.82 bits per heavy atom. The summed E-state index contributed by atoms with van der Waals surface area (Å²) in [7, 11) is 0. The van der Waals surface area contributed by atoms with Gasteiger partial charge in [-0.3, -0.25) is 4.79 Å². The van der Waals surface area contributed by atoms with E-state index in [0.717, 1.165) is 25.9 Å². The Hall–Kier alpha value is -1.85. The number of nitrogens with zero attached hydrogens (tertiary/aromatic N) is 4. The van der Waals surface area contributed by atoms with Crippen molar-refractivity contribution in [3.63, 3.8) is 0 Å². The third kappa shape index (κ3) is 1.60. The first kappa shape index (κ1) is 10.3. The molecule has 1 aliphatic heterocycles. The van der Waals surface area contributed by atoms with Gasteiger partial charge in [0.2, 0.25) is 5.76 Å². The van der Waals surface area contributed by atoms with Gasteiger partial charge in [0.1, 0.15) is 6.33 Å². The fourth-order valence-corrected chi connectivity index (χ4v) is 2.23. The molecule has 0 atom stereocenters. The molecule has 17 heavy (non-hydrogen) atoms. The first-order valence-corrected chi connectivity index (χ1v) is 5.86. The van der Waals surface area contributed by atoms with E-state index in [-0.39, 0.29) is 5.91 Å². The van der Waals surface area contributed by atoms with Crippen LogP contribution in [-0.2, 0) is 0 Å². The lowest BCUT2D eigenvalue weighted by Crippen LogP contribution is -2.35. The van der Waals surface area contributed by atoms with E-state index in [4.69, 9.17) is 4.42 Å². The highest BCUT2D eigenvalue weighted by atomic mass is 16.4. The topological polar surface area (TPSA) is 63.6 Å². The number of amides is 1. The van der Waals surface area contributed by atoms with Gasteiger partial charge in [-0.25, -0.2) is 0 Å². The average molecular weight is 234 g/mol. The third-order valence-corrected chi connectivity index (χ3v) is 3.19. The van der Waals surface area contributed by atoms with E-state index in [9.17, 15) is 4.79 Å². The van der Waals surface area contributed by atoms with E-state index >= 15 is 0 Å². The number of likely N-dealkylation sites (tertiary alicyclic amines) is 1. The maximum absolute atomic E-state index is 12.3. The van der Waals surface area contributed by atoms with Crippen LogP contribution in [-0.4, -0.2) is 38.5 Å². The largest absolute Gasteiger partial charge is 0.416 e. The van der Waals surface area contributed by atoms with Crippen LogP contribution in [0.25, 0.3) is 5.84 Å². The molecular formula is C11H14N4O2. The zero-order valence-electron chi connectivity index (χ0n) is 9.72. The van der Waals surface area contributed by atoms with Gasteiger partial charge in [0.05, 0.1) is 5.69 Å². The molecule has 0 spiro atoms. The monoisotopic (exact) mass is 234 g/mol. The maximum Gasteiger partial charge on any atom is 0.325 e. The lowest BCUT2D eigenvalue weighted by molar-refractivity contribution is 0.0693. The molecule has 0 aliphatic carbocycles. The quantitative estimate of drug-likeness (QED) is 0.745. The molecule has 6 nitrogen and oxygen atoms in total. The van der Waals surface area contributed by atoms with E-state index in [1.54, 1.807) is 4.52 Å². The lowest BCUT2D eigenvalue weighted by Gasteiger charge is -2.25. The van der Waals surface area contributed by atoms with E-state index in [2.05, 4.69) is 10.1 Å². The summed E-state index contributed by atoms with van der Waals surface area (Å²) in [5, 5.41) is 4.01. The summed E-state index contributed by atoms with van der Waals surface area (Å²) in [6.45, 7) is 3.45. The predicted octanol–water partition coefficient (Wildman–Crippen LogP) is 1.26. The van der Waals surface area contributed by atoms with Gasteiger partial charge in [-0.1, -0.05) is 0 Å². The van der Waals surface area contributed by atoms with Gasteiger partial charge in [0, 0.05) is 13.1 Å². The zero-order chi connectivity index (χ0) is 11.8. The predicted molar refractivity (Wildman–Crippen MR) is 59.7 cm³/mol. The molecule has 6 heteroatoms. The number of aryl methyl sites for hydroxylation is 1. The number of hydrogen-bond donors (Lipinski definition) is 0. The Labute approximate surface area is 98.2 Å². The summed E-state index contributed by atoms with van der Waals surface area (Å²) in [4.78, 5) is 18.0. The fraction of sp³-hybridized carbons (Fsp3) is 0.545. The molecule has 3 heterocycles. The molecule has 0 unspecified atom stereocenters. The van der Waals surface area contributed by atoms with Crippen LogP contribution in [0, 0.1) is 6.92 Å². The molecule has 3 rings (SSSR count). The summed E-state index contributed by atoms with van der Waals surface area (Å²) in [5.74, 6) is 0.694. The lowest BCUT2D eigenvalue weighted by atomic mass is 10.1. The summed E-state index contributed by atoms with van der Waals surface area (Å²) >= 11 is 0. The van der Waals surface area contributed by atoms with Crippen molar-refractivity contribution < 1.29 is 9.21 Å². The first-order chi connectivity index (χ1) is 8.27. The van der Waals surface area contributed by atoms with Gasteiger partial charge >= 0.3 is 5.84 Å². The van der Waals surface area contributed by atoms with Crippen LogP contribution in [0.5, 0.6) is 0 Å². The number of oxazole rings is 1. The number of hydrogen-bond acceptors (Lipinski definition) is 4. The van der Waals surface area contributed by atoms with Crippen molar-refractivity contribution in [3.05, 3.63) is 17.8 Å². The molecule has 1 amide bonds. The minimum atomic E-state index is -0.0468. The average Bonchev–Trinajstić information content (AvgIpc) is 2.93. The molecule has 0 saturated carbocycles. The molecule has 1 saturated heterocycles. The second-order valence-corrected chi connectivity index (χ2v) is 4.32. The first-order valence-electron chi connectivity index (χ1n) is 5.86. The summed E-state index contributed by atoms with van der Waals surface area (Å²) in [6, 6.07) is 0. The minimum absolute atomic E-state index is 0.0468. The van der Waals surface area contributed by atoms with Gasteiger partial charge in [-0.15, -0.1) is 0 Å². The zero-order valence-corrected chi connectivity index (χ0v) is 9.72. The standard InChI is InChI=1S/C11H14N4O2/c1-8-9(17-11-12-7-13-15(8)11)10(16)14-5-3-2-4-6-14/h7H,2-6H2,1H3. The maximum atomic E-state index is 12.3. The van der Waals surface area contributed by atoms with Crippen LogP contribution >= 0.6 is 0 Å². The Kier molecular flexibility index (Phi) is 2.35. The van der Waals surface area contributed by atoms with E-state index < -0.39 is 0 Å². The number of rotatable bonds is 1. The second-order valence-electron chi connectivity index (χ2n) is 4.32. The second kappa shape index (κ2) is 3.87. The van der Waals surface area contributed by atoms with Crippen LogP contribution in [0.3, 0.4) is 0 Å². The van der Waals surface area contributed by atoms with Crippen LogP contribution < -0.4 is 0 Å². The molecule has 2 aromatic heterocycles. The number of aromatic nitrogens is 3. The van der Waals surface area contributed by atoms with Crippen molar-refractivity contribution in [2.75, 3.05) is 13.1 Å². The molecule has 0 bridgehead atoms. The highest BCUT2D eigenvalue weighted by molar-refractivity contribution is 5.93. The SMILES string of the molecule is Cc1c(C(=O)N2CCCCC2)oc2ncnn12. The van der Waals surface area contributed by atoms with E-state index in [0.29, 0.717) is 17.3 Å². The van der Waals surface area contributed by atoms with Gasteiger partial charge in [-0.05, 0) is 26.2 Å². The molecule has 0 aromatic carbocycles. The van der Waals surface area contributed by atoms with Crippen molar-refractivity contribution in [1.82, 2.24) is 19.5 Å². The Morgan fingerprint density at radius 1 is 1.35 bits per heavy atom. The van der Waals surface area contributed by atoms with Crippen LogP contribution in [0.15, 0.2) is 10.7 Å². The normalized spacial score (nSPS) is 16.6. The van der Waals surface area contributed by atoms with Crippen molar-refractivity contribution in [2.45, 2.75) is 26.2 Å². The summed E-state index contributed by atoms with van der Waals surface area (Å²) in [5.41, 5.74) is 0.716. The van der Waals surface area contributed by atoms with Crippen LogP contribution in [0.4, 0.5) is 0 Å².